The van der Waals surface area contributed by atoms with Crippen LogP contribution in [0.5, 0.6) is 92.0 Å². The number of rotatable bonds is 24. The molecule has 0 saturated carbocycles. The minimum atomic E-state index is -5.98. The average Bonchev–Trinajstić information content (AvgIpc) is 0.717. The maximum atomic E-state index is 15.3. The number of ether oxygens (including phenoxy) is 8. The molecule has 0 spiro atoms. The standard InChI is InChI=1S/C61H37F6N3O8S.C46H23Cl2F6N3O4/c1-36-15-28-49(50(29-36)58(71)39-8-4-9-47(32-39)79(72,73)74)48-10-5-12-55(52(48)34-69)75-43-24-18-41(19-25-43)59(60(62,63)64,61(65,66)67)42-20-26-44(27-21-42)76-56-13-6-14-57(53(56)35-70)78-46-23-17-38-16-22-45(30-40(38)31-46)77-54-11-3-7-37(2)51(54)33-68;47-38-4-1-6-40(35(38)24-55)58-31-18-12-29(13-19-31)44(45(49,50)51,46(52,53)54)30-14-20-32(21-15-30)59-42-8-3-9-43(37(42)26-57)61-34-17-11-27-10-16-33(22-28(27)23-34)60-41-7-2-5-39(48)36(41)25-56/h3-32H,1-2H3,(H,72,73,74);1-23H. The van der Waals surface area contributed by atoms with Crippen LogP contribution in [0.4, 0.5) is 52.7 Å². The van der Waals surface area contributed by atoms with E-state index < -0.39 is 78.6 Å². The molecule has 0 atom stereocenters. The second-order valence-electron chi connectivity index (χ2n) is 30.9. The van der Waals surface area contributed by atoms with Gasteiger partial charge in [-0.05, 0) is 245 Å². The van der Waals surface area contributed by atoms with Gasteiger partial charge in [0.25, 0.3) is 10.1 Å². The molecule has 16 aromatic carbocycles. The first kappa shape index (κ1) is 97.2. The summed E-state index contributed by atoms with van der Waals surface area (Å²) < 4.78 is 262. The van der Waals surface area contributed by atoms with E-state index in [1.165, 1.54) is 97.1 Å². The van der Waals surface area contributed by atoms with E-state index in [9.17, 15) is 75.7 Å². The van der Waals surface area contributed by atoms with Gasteiger partial charge in [0.15, 0.2) is 5.78 Å². The monoisotopic (exact) mass is 1950 g/mol. The van der Waals surface area contributed by atoms with E-state index in [1.807, 2.05) is 36.4 Å². The Morgan fingerprint density at radius 1 is 0.293 bits per heavy atom. The minimum Gasteiger partial charge on any atom is -0.456 e. The van der Waals surface area contributed by atoms with Crippen LogP contribution in [0.2, 0.25) is 10.0 Å². The molecule has 0 aliphatic rings. The number of halogens is 14. The summed E-state index contributed by atoms with van der Waals surface area (Å²) >= 11 is 12.1. The van der Waals surface area contributed by atoms with Crippen LogP contribution in [0.25, 0.3) is 32.7 Å². The van der Waals surface area contributed by atoms with E-state index >= 15 is 26.3 Å². The van der Waals surface area contributed by atoms with Crippen molar-refractivity contribution >= 4 is 60.6 Å². The molecule has 0 bridgehead atoms. The largest absolute Gasteiger partial charge is 0.456 e. The number of alkyl halides is 12. The number of ketones is 1. The predicted octanol–water partition coefficient (Wildman–Crippen LogP) is 30.1. The minimum absolute atomic E-state index is 0.0239. The zero-order valence-corrected chi connectivity index (χ0v) is 74.2. The molecule has 0 saturated heterocycles. The van der Waals surface area contributed by atoms with Gasteiger partial charge in [0.1, 0.15) is 156 Å². The van der Waals surface area contributed by atoms with Crippen LogP contribution >= 0.6 is 23.2 Å². The second kappa shape index (κ2) is 39.6. The molecule has 18 nitrogen and oxygen atoms in total. The molecule has 694 valence electrons. The Kier molecular flexibility index (Phi) is 27.5. The number of fused-ring (bicyclic) bond motifs is 2. The molecule has 0 aliphatic heterocycles. The van der Waals surface area contributed by atoms with Gasteiger partial charge >= 0.3 is 24.7 Å². The Labute approximate surface area is 799 Å². The molecule has 16 aromatic rings. The highest BCUT2D eigenvalue weighted by atomic mass is 35.5. The Balaban J connectivity index is 0.000000219. The molecular weight excluding hydrogens is 1890 g/mol. The van der Waals surface area contributed by atoms with Crippen molar-refractivity contribution in [3.63, 3.8) is 0 Å². The topological polar surface area (TPSA) is 288 Å². The molecule has 0 amide bonds. The zero-order chi connectivity index (χ0) is 100.0. The number of nitrogens with zero attached hydrogens (tertiary/aromatic N) is 6. The number of hydrogen-bond acceptors (Lipinski definition) is 17. The van der Waals surface area contributed by atoms with Crippen LogP contribution in [-0.4, -0.2) is 43.5 Å². The van der Waals surface area contributed by atoms with Gasteiger partial charge in [-0.1, -0.05) is 174 Å². The third-order valence-corrected chi connectivity index (χ3v) is 23.7. The first-order valence-electron chi connectivity index (χ1n) is 41.2. The van der Waals surface area contributed by atoms with Gasteiger partial charge < -0.3 is 37.9 Å². The fraction of sp³-hybridized carbons (Fsp3) is 0.0748. The van der Waals surface area contributed by atoms with E-state index in [-0.39, 0.29) is 123 Å². The van der Waals surface area contributed by atoms with Crippen molar-refractivity contribution in [1.29, 1.82) is 31.6 Å². The molecule has 16 rings (SSSR count). The number of aryl methyl sites for hydroxylation is 2. The number of carbonyl (C=O) groups excluding carboxylic acids is 1. The Bertz CT molecular complexity index is 7940. The molecule has 0 aliphatic carbocycles. The lowest BCUT2D eigenvalue weighted by molar-refractivity contribution is -0.290. The van der Waals surface area contributed by atoms with Crippen molar-refractivity contribution in [1.82, 2.24) is 0 Å². The van der Waals surface area contributed by atoms with E-state index in [0.29, 0.717) is 99.2 Å². The smallest absolute Gasteiger partial charge is 0.411 e. The third-order valence-electron chi connectivity index (χ3n) is 22.2. The van der Waals surface area contributed by atoms with Gasteiger partial charge in [0, 0.05) is 16.7 Å². The number of nitriles is 6. The summed E-state index contributed by atoms with van der Waals surface area (Å²) in [5.41, 5.74) is -12.1. The van der Waals surface area contributed by atoms with Gasteiger partial charge in [-0.15, -0.1) is 0 Å². The summed E-state index contributed by atoms with van der Waals surface area (Å²) in [6.45, 7) is 3.48. The van der Waals surface area contributed by atoms with Gasteiger partial charge in [-0.25, -0.2) is 0 Å². The summed E-state index contributed by atoms with van der Waals surface area (Å²) in [5, 5.41) is 62.6. The maximum absolute atomic E-state index is 15.3. The molecule has 0 radical (unpaired) electrons. The van der Waals surface area contributed by atoms with Crippen LogP contribution in [-0.2, 0) is 20.9 Å². The van der Waals surface area contributed by atoms with Crippen LogP contribution in [0.1, 0.15) is 82.7 Å². The van der Waals surface area contributed by atoms with Crippen LogP contribution < -0.4 is 37.9 Å². The van der Waals surface area contributed by atoms with Gasteiger partial charge in [0.2, 0.25) is 10.8 Å². The second-order valence-corrected chi connectivity index (χ2v) is 33.1. The third kappa shape index (κ3) is 19.8. The summed E-state index contributed by atoms with van der Waals surface area (Å²) in [7, 11) is -4.68. The first-order valence-corrected chi connectivity index (χ1v) is 43.4. The summed E-state index contributed by atoms with van der Waals surface area (Å²) in [4.78, 5) is 13.4. The molecular formula is C107H60Cl2F12N6O12S. The summed E-state index contributed by atoms with van der Waals surface area (Å²) in [6.07, 6.45) is -23.7. The molecule has 140 heavy (non-hydrogen) atoms. The van der Waals surface area contributed by atoms with Gasteiger partial charge in [-0.2, -0.15) is 92.7 Å². The van der Waals surface area contributed by atoms with E-state index in [4.69, 9.17) is 61.1 Å². The van der Waals surface area contributed by atoms with Crippen LogP contribution in [0.3, 0.4) is 0 Å². The number of hydrogen-bond donors (Lipinski definition) is 1. The van der Waals surface area contributed by atoms with Crippen molar-refractivity contribution < 1.29 is 108 Å². The molecule has 0 aromatic heterocycles. The summed E-state index contributed by atoms with van der Waals surface area (Å²) in [5.74, 6) is 0.250. The summed E-state index contributed by atoms with van der Waals surface area (Å²) in [6, 6.07) is 81.7. The van der Waals surface area contributed by atoms with Gasteiger partial charge in [0.05, 0.1) is 20.5 Å². The highest BCUT2D eigenvalue weighted by molar-refractivity contribution is 7.85. The van der Waals surface area contributed by atoms with Crippen LogP contribution in [0, 0.1) is 81.8 Å². The van der Waals surface area contributed by atoms with E-state index in [0.717, 1.165) is 77.0 Å². The normalized spacial score (nSPS) is 11.7. The average molecular weight is 1950 g/mol. The quantitative estimate of drug-likeness (QED) is 0.0334. The lowest BCUT2D eigenvalue weighted by Crippen LogP contribution is -2.54. The highest BCUT2D eigenvalue weighted by Crippen LogP contribution is 2.59. The molecule has 0 fully saturated rings. The Morgan fingerprint density at radius 2 is 0.571 bits per heavy atom. The zero-order valence-electron chi connectivity index (χ0n) is 71.9. The Hall–Kier alpha value is -17.3. The lowest BCUT2D eigenvalue weighted by atomic mass is 9.73. The van der Waals surface area contributed by atoms with Crippen molar-refractivity contribution in [3.05, 3.63) is 409 Å². The van der Waals surface area contributed by atoms with Crippen molar-refractivity contribution in [2.75, 3.05) is 0 Å². The fourth-order valence-electron chi connectivity index (χ4n) is 15.6. The van der Waals surface area contributed by atoms with Gasteiger partial charge in [-0.3, -0.25) is 9.35 Å². The SMILES string of the molecule is Cc1ccc(-c2cccc(Oc3ccc(C(c4ccc(Oc5cccc(Oc6ccc7ccc(Oc8cccc(C)c8C#N)cc7c6)c5C#N)cc4)(C(F)(F)F)C(F)(F)F)cc3)c2C#N)c(C(=O)c2cccc(S(=O)(=O)O)c2)c1.N#Cc1c(Cl)cccc1Oc1ccc(C(c2ccc(Oc3cccc(Oc4ccc5ccc(Oc6cccc(Cl)c6C#N)cc5c4)c3C#N)cc2)(C(F)(F)F)C(F)(F)F)cc1. The maximum Gasteiger partial charge on any atom is 0.411 e. The molecule has 0 unspecified atom stereocenters. The highest BCUT2D eigenvalue weighted by Gasteiger charge is 2.74. The molecule has 33 heteroatoms. The fourth-order valence-corrected chi connectivity index (χ4v) is 16.5. The lowest BCUT2D eigenvalue weighted by Gasteiger charge is -2.38. The molecule has 0 heterocycles. The molecule has 1 N–H and O–H groups in total. The van der Waals surface area contributed by atoms with Crippen molar-refractivity contribution in [2.24, 2.45) is 0 Å². The number of benzene rings is 16. The van der Waals surface area contributed by atoms with E-state index in [2.05, 4.69) is 6.07 Å². The van der Waals surface area contributed by atoms with E-state index in [1.54, 1.807) is 123 Å². The first-order chi connectivity index (χ1) is 66.8. The number of carbonyl (C=O) groups is 1. The van der Waals surface area contributed by atoms with Crippen molar-refractivity contribution in [2.45, 2.75) is 54.3 Å². The Morgan fingerprint density at radius 3 is 0.893 bits per heavy atom. The van der Waals surface area contributed by atoms with Crippen LogP contribution in [0.15, 0.2) is 326 Å². The predicted molar refractivity (Wildman–Crippen MR) is 492 cm³/mol. The van der Waals surface area contributed by atoms with Crippen molar-refractivity contribution in [3.8, 4) is 140 Å².